The number of hydrogen-bond donors (Lipinski definition) is 1. The Morgan fingerprint density at radius 2 is 2.36 bits per heavy atom. The first-order valence-corrected chi connectivity index (χ1v) is 3.28. The fourth-order valence-electron chi connectivity index (χ4n) is 1.02. The molecule has 1 heterocycles. The van der Waals surface area contributed by atoms with Gasteiger partial charge in [-0.25, -0.2) is 0 Å². The number of H-pyrrole nitrogens is 1. The fourth-order valence-corrected chi connectivity index (χ4v) is 1.02. The van der Waals surface area contributed by atoms with Gasteiger partial charge in [0.15, 0.2) is 4.60 Å². The predicted molar refractivity (Wildman–Crippen MR) is 38.7 cm³/mol. The Morgan fingerprint density at radius 1 is 1.55 bits per heavy atom. The summed E-state index contributed by atoms with van der Waals surface area (Å²) in [6.07, 6.45) is 0. The van der Waals surface area contributed by atoms with Crippen LogP contribution in [0.5, 0.6) is 0 Å². The average Bonchev–Trinajstić information content (AvgIpc) is 2.33. The van der Waals surface area contributed by atoms with E-state index in [1.54, 1.807) is 6.07 Å². The minimum Gasteiger partial charge on any atom is -0.0875 e. The molecule has 11 heavy (non-hydrogen) atoms. The molecule has 4 nitrogen and oxygen atoms in total. The Balaban J connectivity index is 2.99. The first kappa shape index (κ1) is 6.15. The van der Waals surface area contributed by atoms with E-state index >= 15 is 0 Å². The molecule has 0 saturated carbocycles. The SMILES string of the molecule is Cc1ccc2[nH]o[n+](=O)c2c1. The summed E-state index contributed by atoms with van der Waals surface area (Å²) < 4.78 is 4.97. The number of benzene rings is 1. The Kier molecular flexibility index (Phi) is 1.09. The van der Waals surface area contributed by atoms with Crippen LogP contribution < -0.4 is 4.60 Å². The fraction of sp³-hybridized carbons (Fsp3) is 0.143. The van der Waals surface area contributed by atoms with E-state index in [9.17, 15) is 4.91 Å². The molecule has 0 radical (unpaired) electrons. The lowest BCUT2D eigenvalue weighted by Gasteiger charge is -1.82. The molecule has 0 spiro atoms. The first-order chi connectivity index (χ1) is 5.27. The highest BCUT2D eigenvalue weighted by Crippen LogP contribution is 2.07. The Labute approximate surface area is 62.0 Å². The molecule has 1 aromatic heterocycles. The molecule has 0 fully saturated rings. The number of nitrogens with zero attached hydrogens (tertiary/aromatic N) is 1. The Hall–Kier alpha value is -1.58. The number of aromatic nitrogens is 2. The molecule has 1 N–H and O–H groups in total. The van der Waals surface area contributed by atoms with Crippen molar-refractivity contribution >= 4 is 11.0 Å². The molecule has 0 atom stereocenters. The number of aromatic amines is 1. The van der Waals surface area contributed by atoms with Gasteiger partial charge in [-0.15, -0.1) is 0 Å². The number of nitrogens with one attached hydrogen (secondary N) is 1. The molecule has 0 unspecified atom stereocenters. The van der Waals surface area contributed by atoms with E-state index in [2.05, 4.69) is 9.79 Å². The van der Waals surface area contributed by atoms with Gasteiger partial charge in [0.25, 0.3) is 5.52 Å². The van der Waals surface area contributed by atoms with E-state index in [-0.39, 0.29) is 0 Å². The molecule has 0 saturated heterocycles. The molecule has 1 aromatic carbocycles. The molecule has 0 amide bonds. The molecule has 0 bridgehead atoms. The van der Waals surface area contributed by atoms with Crippen molar-refractivity contribution < 1.29 is 9.23 Å². The second kappa shape index (κ2) is 1.95. The van der Waals surface area contributed by atoms with Gasteiger partial charge >= 0.3 is 0 Å². The summed E-state index contributed by atoms with van der Waals surface area (Å²) in [5.74, 6) is 0. The Morgan fingerprint density at radius 3 is 3.18 bits per heavy atom. The topological polar surface area (TPSA) is 51.9 Å². The quantitative estimate of drug-likeness (QED) is 0.610. The van der Waals surface area contributed by atoms with Crippen molar-refractivity contribution in [2.45, 2.75) is 6.92 Å². The van der Waals surface area contributed by atoms with E-state index in [4.69, 9.17) is 0 Å². The highest BCUT2D eigenvalue weighted by Gasteiger charge is 2.08. The third-order valence-electron chi connectivity index (χ3n) is 1.59. The molecule has 4 heteroatoms. The summed E-state index contributed by atoms with van der Waals surface area (Å²) in [7, 11) is 0. The van der Waals surface area contributed by atoms with Gasteiger partial charge in [0.1, 0.15) is 0 Å². The van der Waals surface area contributed by atoms with Crippen molar-refractivity contribution in [1.82, 2.24) is 5.16 Å². The van der Waals surface area contributed by atoms with Crippen molar-refractivity contribution in [2.24, 2.45) is 0 Å². The maximum Gasteiger partial charge on any atom is 0.272 e. The Bertz CT molecular complexity index is 441. The molecular formula is C7H7N2O2+. The van der Waals surface area contributed by atoms with Crippen LogP contribution in [-0.2, 0) is 0 Å². The van der Waals surface area contributed by atoms with Crippen LogP contribution in [0, 0.1) is 11.8 Å². The second-order valence-electron chi connectivity index (χ2n) is 2.47. The van der Waals surface area contributed by atoms with Crippen molar-refractivity contribution in [2.75, 3.05) is 0 Å². The number of hydrogen-bond acceptors (Lipinski definition) is 2. The maximum absolute atomic E-state index is 10.8. The van der Waals surface area contributed by atoms with E-state index < -0.39 is 0 Å². The number of rotatable bonds is 0. The zero-order valence-corrected chi connectivity index (χ0v) is 6.00. The lowest BCUT2D eigenvalue weighted by molar-refractivity contribution is -0.692. The van der Waals surface area contributed by atoms with Crippen LogP contribution in [0.3, 0.4) is 0 Å². The largest absolute Gasteiger partial charge is 0.272 e. The normalized spacial score (nSPS) is 10.6. The predicted octanol–water partition coefficient (Wildman–Crippen LogP) is 0.984. The zero-order chi connectivity index (χ0) is 7.84. The molecule has 0 aliphatic heterocycles. The summed E-state index contributed by atoms with van der Waals surface area (Å²) >= 11 is 0. The van der Waals surface area contributed by atoms with Crippen LogP contribution in [0.25, 0.3) is 11.0 Å². The highest BCUT2D eigenvalue weighted by molar-refractivity contribution is 5.70. The molecular weight excluding hydrogens is 144 g/mol. The minimum atomic E-state index is 0.461. The summed E-state index contributed by atoms with van der Waals surface area (Å²) in [5, 5.41) is 2.49. The van der Waals surface area contributed by atoms with Gasteiger partial charge in [0.2, 0.25) is 5.52 Å². The monoisotopic (exact) mass is 151 g/mol. The maximum atomic E-state index is 10.8. The third-order valence-corrected chi connectivity index (χ3v) is 1.59. The third kappa shape index (κ3) is 0.832. The van der Waals surface area contributed by atoms with Crippen LogP contribution in [0.1, 0.15) is 5.56 Å². The van der Waals surface area contributed by atoms with Gasteiger partial charge in [0.05, 0.1) is 0 Å². The summed E-state index contributed by atoms with van der Waals surface area (Å²) in [4.78, 5) is 10.8. The molecule has 56 valence electrons. The lowest BCUT2D eigenvalue weighted by atomic mass is 10.2. The van der Waals surface area contributed by atoms with Gasteiger partial charge < -0.3 is 0 Å². The smallest absolute Gasteiger partial charge is 0.0875 e. The van der Waals surface area contributed by atoms with Crippen LogP contribution in [-0.4, -0.2) is 5.16 Å². The summed E-state index contributed by atoms with van der Waals surface area (Å²) in [6.45, 7) is 1.92. The van der Waals surface area contributed by atoms with E-state index in [1.807, 2.05) is 19.1 Å². The van der Waals surface area contributed by atoms with E-state index in [0.29, 0.717) is 15.6 Å². The molecule has 0 aliphatic carbocycles. The van der Waals surface area contributed by atoms with Crippen LogP contribution >= 0.6 is 0 Å². The van der Waals surface area contributed by atoms with Gasteiger partial charge in [-0.1, -0.05) is 15.9 Å². The van der Waals surface area contributed by atoms with E-state index in [0.717, 1.165) is 5.56 Å². The molecule has 0 aliphatic rings. The second-order valence-corrected chi connectivity index (χ2v) is 2.47. The van der Waals surface area contributed by atoms with Gasteiger partial charge in [-0.05, 0) is 23.5 Å². The molecule has 2 rings (SSSR count). The van der Waals surface area contributed by atoms with Crippen molar-refractivity contribution in [1.29, 1.82) is 0 Å². The summed E-state index contributed by atoms with van der Waals surface area (Å²) in [5.41, 5.74) is 2.28. The summed E-state index contributed by atoms with van der Waals surface area (Å²) in [6, 6.07) is 5.49. The number of aryl methyl sites for hydroxylation is 1. The van der Waals surface area contributed by atoms with Crippen LogP contribution in [0.15, 0.2) is 22.8 Å². The van der Waals surface area contributed by atoms with Gasteiger partial charge in [-0.2, -0.15) is 0 Å². The van der Waals surface area contributed by atoms with E-state index in [1.165, 1.54) is 0 Å². The lowest BCUT2D eigenvalue weighted by Crippen LogP contribution is -2.08. The van der Waals surface area contributed by atoms with Gasteiger partial charge in [0, 0.05) is 6.07 Å². The van der Waals surface area contributed by atoms with Gasteiger partial charge in [-0.3, -0.25) is 0 Å². The average molecular weight is 151 g/mol. The van der Waals surface area contributed by atoms with Crippen LogP contribution in [0.2, 0.25) is 0 Å². The highest BCUT2D eigenvalue weighted by atomic mass is 16.7. The van der Waals surface area contributed by atoms with Crippen LogP contribution in [0.4, 0.5) is 0 Å². The first-order valence-electron chi connectivity index (χ1n) is 3.28. The minimum absolute atomic E-state index is 0.461. The zero-order valence-electron chi connectivity index (χ0n) is 6.00. The standard InChI is InChI=1S/C7H7N2O2/c1-5-2-3-6-7(4-5)9(10)11-8-6/h2-4,8H,1H3/q+1. The van der Waals surface area contributed by atoms with Crippen molar-refractivity contribution in [3.8, 4) is 0 Å². The number of fused-ring (bicyclic) bond motifs is 1. The van der Waals surface area contributed by atoms with Crippen molar-refractivity contribution in [3.05, 3.63) is 28.7 Å². The molecule has 2 aromatic rings. The van der Waals surface area contributed by atoms with Crippen molar-refractivity contribution in [3.63, 3.8) is 0 Å².